The Morgan fingerprint density at radius 2 is 2.03 bits per heavy atom. The Hall–Kier alpha value is -2.32. The summed E-state index contributed by atoms with van der Waals surface area (Å²) < 4.78 is 6.91. The van der Waals surface area contributed by atoms with Crippen molar-refractivity contribution in [1.29, 1.82) is 0 Å². The first-order valence-corrected chi connectivity index (χ1v) is 12.5. The Kier molecular flexibility index (Phi) is 6.67. The SMILES string of the molecule is CCC(C)NC(=O)CSc1nc2sc3c(c2c(=O)n1-c1ccc(OC)cc1)CCCC3. The van der Waals surface area contributed by atoms with Gasteiger partial charge in [0.15, 0.2) is 5.16 Å². The minimum atomic E-state index is -0.0561. The fourth-order valence-corrected chi connectivity index (χ4v) is 5.92. The second kappa shape index (κ2) is 9.44. The van der Waals surface area contributed by atoms with Gasteiger partial charge in [-0.15, -0.1) is 11.3 Å². The molecule has 1 aromatic carbocycles. The van der Waals surface area contributed by atoms with Gasteiger partial charge in [0, 0.05) is 10.9 Å². The average Bonchev–Trinajstić information content (AvgIpc) is 3.16. The number of hydrogen-bond acceptors (Lipinski definition) is 6. The summed E-state index contributed by atoms with van der Waals surface area (Å²) in [6.45, 7) is 4.02. The lowest BCUT2D eigenvalue weighted by Gasteiger charge is -2.15. The number of aromatic nitrogens is 2. The molecule has 1 aliphatic rings. The van der Waals surface area contributed by atoms with Crippen LogP contribution in [0.25, 0.3) is 15.9 Å². The molecule has 0 bridgehead atoms. The van der Waals surface area contributed by atoms with Crippen LogP contribution in [0.4, 0.5) is 0 Å². The number of benzene rings is 1. The van der Waals surface area contributed by atoms with Crippen LogP contribution in [-0.4, -0.2) is 34.4 Å². The van der Waals surface area contributed by atoms with Gasteiger partial charge in [-0.2, -0.15) is 0 Å². The summed E-state index contributed by atoms with van der Waals surface area (Å²) in [5.41, 5.74) is 1.83. The lowest BCUT2D eigenvalue weighted by atomic mass is 9.97. The van der Waals surface area contributed by atoms with E-state index >= 15 is 0 Å². The normalized spacial score (nSPS) is 14.3. The lowest BCUT2D eigenvalue weighted by Crippen LogP contribution is -2.33. The van der Waals surface area contributed by atoms with Crippen molar-refractivity contribution in [2.75, 3.05) is 12.9 Å². The van der Waals surface area contributed by atoms with Gasteiger partial charge in [0.1, 0.15) is 10.6 Å². The van der Waals surface area contributed by atoms with E-state index in [0.717, 1.165) is 59.3 Å². The number of aryl methyl sites for hydroxylation is 2. The number of methoxy groups -OCH3 is 1. The largest absolute Gasteiger partial charge is 0.497 e. The number of ether oxygens (including phenoxy) is 1. The van der Waals surface area contributed by atoms with Crippen molar-refractivity contribution in [3.63, 3.8) is 0 Å². The number of nitrogens with one attached hydrogen (secondary N) is 1. The first-order valence-electron chi connectivity index (χ1n) is 10.7. The predicted octanol–water partition coefficient (Wildman–Crippen LogP) is 4.34. The topological polar surface area (TPSA) is 73.2 Å². The number of thiophene rings is 1. The third-order valence-electron chi connectivity index (χ3n) is 5.64. The summed E-state index contributed by atoms with van der Waals surface area (Å²) in [5, 5.41) is 4.26. The highest BCUT2D eigenvalue weighted by Gasteiger charge is 2.23. The molecule has 8 heteroatoms. The number of nitrogens with zero attached hydrogens (tertiary/aromatic N) is 2. The molecule has 1 unspecified atom stereocenters. The van der Waals surface area contributed by atoms with E-state index in [0.29, 0.717) is 5.16 Å². The molecule has 0 saturated heterocycles. The summed E-state index contributed by atoms with van der Waals surface area (Å²) in [7, 11) is 1.61. The Bertz CT molecular complexity index is 1150. The van der Waals surface area contributed by atoms with Crippen molar-refractivity contribution < 1.29 is 9.53 Å². The van der Waals surface area contributed by atoms with Crippen LogP contribution >= 0.6 is 23.1 Å². The standard InChI is InChI=1S/C23H27N3O3S2/c1-4-14(2)24-19(27)13-30-23-25-21-20(17-7-5-6-8-18(17)31-21)22(28)26(23)15-9-11-16(29-3)12-10-15/h9-12,14H,4-8,13H2,1-3H3,(H,24,27). The lowest BCUT2D eigenvalue weighted by molar-refractivity contribution is -0.119. The second-order valence-electron chi connectivity index (χ2n) is 7.79. The minimum absolute atomic E-state index is 0.0551. The summed E-state index contributed by atoms with van der Waals surface area (Å²) in [6.07, 6.45) is 5.08. The molecular weight excluding hydrogens is 430 g/mol. The molecule has 0 aliphatic heterocycles. The van der Waals surface area contributed by atoms with Crippen molar-refractivity contribution in [2.24, 2.45) is 0 Å². The average molecular weight is 458 g/mol. The van der Waals surface area contributed by atoms with E-state index in [9.17, 15) is 9.59 Å². The molecule has 31 heavy (non-hydrogen) atoms. The number of hydrogen-bond donors (Lipinski definition) is 1. The molecule has 0 spiro atoms. The van der Waals surface area contributed by atoms with Gasteiger partial charge < -0.3 is 10.1 Å². The first kappa shape index (κ1) is 21.9. The minimum Gasteiger partial charge on any atom is -0.497 e. The van der Waals surface area contributed by atoms with Crippen LogP contribution in [0.5, 0.6) is 5.75 Å². The highest BCUT2D eigenvalue weighted by molar-refractivity contribution is 7.99. The molecule has 3 aromatic rings. The zero-order valence-corrected chi connectivity index (χ0v) is 19.7. The summed E-state index contributed by atoms with van der Waals surface area (Å²) >= 11 is 2.93. The quantitative estimate of drug-likeness (QED) is 0.422. The monoisotopic (exact) mass is 457 g/mol. The molecule has 0 radical (unpaired) electrons. The Balaban J connectivity index is 1.78. The number of amides is 1. The van der Waals surface area contributed by atoms with E-state index in [1.807, 2.05) is 38.1 Å². The number of fused-ring (bicyclic) bond motifs is 3. The Morgan fingerprint density at radius 1 is 1.29 bits per heavy atom. The third kappa shape index (κ3) is 4.50. The molecule has 0 fully saturated rings. The number of carbonyl (C=O) groups is 1. The van der Waals surface area contributed by atoms with Crippen molar-refractivity contribution in [1.82, 2.24) is 14.9 Å². The van der Waals surface area contributed by atoms with Crippen LogP contribution in [0, 0.1) is 0 Å². The van der Waals surface area contributed by atoms with E-state index in [1.165, 1.54) is 16.6 Å². The maximum absolute atomic E-state index is 13.7. The molecule has 2 heterocycles. The fourth-order valence-electron chi connectivity index (χ4n) is 3.79. The highest BCUT2D eigenvalue weighted by atomic mass is 32.2. The van der Waals surface area contributed by atoms with Crippen molar-refractivity contribution in [3.05, 3.63) is 45.1 Å². The van der Waals surface area contributed by atoms with Gasteiger partial charge in [0.25, 0.3) is 5.56 Å². The van der Waals surface area contributed by atoms with Crippen LogP contribution in [0.15, 0.2) is 34.2 Å². The maximum Gasteiger partial charge on any atom is 0.267 e. The van der Waals surface area contributed by atoms with Crippen LogP contribution in [0.2, 0.25) is 0 Å². The molecule has 2 aromatic heterocycles. The van der Waals surface area contributed by atoms with Crippen molar-refractivity contribution >= 4 is 39.2 Å². The molecule has 1 N–H and O–H groups in total. The van der Waals surface area contributed by atoms with E-state index in [1.54, 1.807) is 23.0 Å². The molecule has 6 nitrogen and oxygen atoms in total. The van der Waals surface area contributed by atoms with E-state index in [2.05, 4.69) is 5.32 Å². The van der Waals surface area contributed by atoms with E-state index < -0.39 is 0 Å². The molecule has 164 valence electrons. The zero-order chi connectivity index (χ0) is 22.0. The third-order valence-corrected chi connectivity index (χ3v) is 7.77. The second-order valence-corrected chi connectivity index (χ2v) is 9.82. The molecule has 0 saturated carbocycles. The van der Waals surface area contributed by atoms with Gasteiger partial charge in [-0.05, 0) is 68.9 Å². The highest BCUT2D eigenvalue weighted by Crippen LogP contribution is 2.35. The van der Waals surface area contributed by atoms with Crippen LogP contribution in [0.3, 0.4) is 0 Å². The summed E-state index contributed by atoms with van der Waals surface area (Å²) in [5.74, 6) is 0.880. The van der Waals surface area contributed by atoms with Crippen molar-refractivity contribution in [2.45, 2.75) is 57.1 Å². The molecule has 1 atom stereocenters. The number of carbonyl (C=O) groups excluding carboxylic acids is 1. The number of rotatable bonds is 7. The number of thioether (sulfide) groups is 1. The molecular formula is C23H27N3O3S2. The zero-order valence-electron chi connectivity index (χ0n) is 18.1. The Morgan fingerprint density at radius 3 is 2.74 bits per heavy atom. The van der Waals surface area contributed by atoms with Crippen LogP contribution < -0.4 is 15.6 Å². The van der Waals surface area contributed by atoms with Gasteiger partial charge in [-0.1, -0.05) is 18.7 Å². The van der Waals surface area contributed by atoms with Crippen LogP contribution in [-0.2, 0) is 17.6 Å². The van der Waals surface area contributed by atoms with Gasteiger partial charge in [-0.3, -0.25) is 14.2 Å². The predicted molar refractivity (Wildman–Crippen MR) is 127 cm³/mol. The smallest absolute Gasteiger partial charge is 0.267 e. The van der Waals surface area contributed by atoms with Gasteiger partial charge in [0.05, 0.1) is 23.9 Å². The summed E-state index contributed by atoms with van der Waals surface area (Å²) in [4.78, 5) is 33.0. The molecule has 4 rings (SSSR count). The fraction of sp³-hybridized carbons (Fsp3) is 0.435. The Labute approximate surface area is 190 Å². The van der Waals surface area contributed by atoms with E-state index in [4.69, 9.17) is 9.72 Å². The summed E-state index contributed by atoms with van der Waals surface area (Å²) in [6, 6.07) is 7.50. The van der Waals surface area contributed by atoms with Crippen molar-refractivity contribution in [3.8, 4) is 11.4 Å². The van der Waals surface area contributed by atoms with Gasteiger partial charge in [0.2, 0.25) is 5.91 Å². The van der Waals surface area contributed by atoms with Gasteiger partial charge in [-0.25, -0.2) is 4.98 Å². The molecule has 1 aliphatic carbocycles. The maximum atomic E-state index is 13.7. The van der Waals surface area contributed by atoms with E-state index in [-0.39, 0.29) is 23.3 Å². The molecule has 1 amide bonds. The first-order chi connectivity index (χ1) is 15.0. The van der Waals surface area contributed by atoms with Gasteiger partial charge >= 0.3 is 0 Å². The van der Waals surface area contributed by atoms with Crippen LogP contribution in [0.1, 0.15) is 43.6 Å².